The fourth-order valence-electron chi connectivity index (χ4n) is 5.36. The predicted octanol–water partition coefficient (Wildman–Crippen LogP) is 6.56. The van der Waals surface area contributed by atoms with Crippen molar-refractivity contribution in [3.8, 4) is 0 Å². The van der Waals surface area contributed by atoms with Crippen LogP contribution in [0.25, 0.3) is 0 Å². The summed E-state index contributed by atoms with van der Waals surface area (Å²) in [6, 6.07) is 17.4. The van der Waals surface area contributed by atoms with Crippen molar-refractivity contribution < 1.29 is 43.0 Å². The van der Waals surface area contributed by atoms with Gasteiger partial charge in [-0.15, -0.1) is 34.7 Å². The Morgan fingerprint density at radius 3 is 2.07 bits per heavy atom. The lowest BCUT2D eigenvalue weighted by molar-refractivity contribution is -0.179. The van der Waals surface area contributed by atoms with Gasteiger partial charge in [0, 0.05) is 17.0 Å². The smallest absolute Gasteiger partial charge is 0.413 e. The first kappa shape index (κ1) is 42.2. The maximum absolute atomic E-state index is 14.0. The monoisotopic (exact) mass is 825 g/mol. The van der Waals surface area contributed by atoms with E-state index < -0.39 is 69.9 Å². The maximum Gasteiger partial charge on any atom is 0.413 e. The second-order valence-electron chi connectivity index (χ2n) is 15.3. The molecule has 0 radical (unpaired) electrons. The summed E-state index contributed by atoms with van der Waals surface area (Å²) in [6.45, 7) is 13.0. The molecule has 1 fully saturated rings. The zero-order valence-corrected chi connectivity index (χ0v) is 34.6. The molecule has 0 spiro atoms. The Hall–Kier alpha value is -4.93. The van der Waals surface area contributed by atoms with Crippen molar-refractivity contribution in [1.29, 1.82) is 0 Å². The number of β-lactam (4-membered cyclic amide) rings is 1. The van der Waals surface area contributed by atoms with Crippen LogP contribution in [0.2, 0.25) is 0 Å². The number of benzene rings is 2. The highest BCUT2D eigenvalue weighted by molar-refractivity contribution is 8.00. The molecule has 0 aliphatic carbocycles. The molecule has 0 saturated carbocycles. The fourth-order valence-corrected chi connectivity index (χ4v) is 7.72. The van der Waals surface area contributed by atoms with Gasteiger partial charge < -0.3 is 24.4 Å². The largest absolute Gasteiger partial charge is 0.457 e. The van der Waals surface area contributed by atoms with Crippen LogP contribution in [0.15, 0.2) is 82.5 Å². The van der Waals surface area contributed by atoms with E-state index in [0.29, 0.717) is 5.57 Å². The van der Waals surface area contributed by atoms with Gasteiger partial charge >= 0.3 is 18.0 Å². The number of carbonyl (C=O) groups is 5. The van der Waals surface area contributed by atoms with Gasteiger partial charge in [-0.25, -0.2) is 19.4 Å². The summed E-state index contributed by atoms with van der Waals surface area (Å²) in [5.41, 5.74) is -1.70. The van der Waals surface area contributed by atoms with Crippen molar-refractivity contribution >= 4 is 75.4 Å². The highest BCUT2D eigenvalue weighted by atomic mass is 35.5. The summed E-state index contributed by atoms with van der Waals surface area (Å²) < 4.78 is 16.9. The molecule has 1 aromatic heterocycles. The second-order valence-corrected chi connectivity index (χ2v) is 17.5. The Morgan fingerprint density at radius 1 is 0.929 bits per heavy atom. The minimum atomic E-state index is -1.65. The van der Waals surface area contributed by atoms with Crippen LogP contribution in [0.5, 0.6) is 0 Å². The third-order valence-corrected chi connectivity index (χ3v) is 10.4. The van der Waals surface area contributed by atoms with E-state index >= 15 is 0 Å². The van der Waals surface area contributed by atoms with Crippen LogP contribution in [0, 0.1) is 0 Å². The van der Waals surface area contributed by atoms with Crippen LogP contribution in [-0.4, -0.2) is 85.3 Å². The standard InChI is InChI=1S/C39H44ClN5O9S2/c1-37(2,3)52-34(49)39(7,8)54-44-26(25-21-56-35(41-25)43-36(50)53-38(4,5)6)30(46)42-27-31(47)45-28(24(19-40)20-55-32(27)45)33(48)51-29(22-15-11-9-12-16-22)23-17-13-10-14-18-23/h9-18,21,27,29,32H,19-20H2,1-8H3,(H,42,46)(H,41,43,50)/b44-26-/t27-,32?/m1/s1. The third-order valence-electron chi connectivity index (χ3n) is 7.94. The topological polar surface area (TPSA) is 175 Å². The van der Waals surface area contributed by atoms with Crippen LogP contribution < -0.4 is 10.6 Å². The minimum Gasteiger partial charge on any atom is -0.457 e. The van der Waals surface area contributed by atoms with Crippen LogP contribution >= 0.6 is 34.7 Å². The summed E-state index contributed by atoms with van der Waals surface area (Å²) in [4.78, 5) is 78.5. The van der Waals surface area contributed by atoms with Gasteiger partial charge in [-0.2, -0.15) is 0 Å². The molecule has 2 N–H and O–H groups in total. The van der Waals surface area contributed by atoms with E-state index in [1.165, 1.54) is 35.9 Å². The maximum atomic E-state index is 14.0. The first-order chi connectivity index (χ1) is 26.3. The Bertz CT molecular complexity index is 1980. The molecule has 56 heavy (non-hydrogen) atoms. The molecule has 0 bridgehead atoms. The van der Waals surface area contributed by atoms with Crippen LogP contribution in [0.4, 0.5) is 9.93 Å². The number of anilines is 1. The lowest BCUT2D eigenvalue weighted by Crippen LogP contribution is -2.71. The zero-order chi connectivity index (χ0) is 41.0. The number of halogens is 1. The van der Waals surface area contributed by atoms with Crippen molar-refractivity contribution in [1.82, 2.24) is 15.2 Å². The number of rotatable bonds is 12. The number of fused-ring (bicyclic) bond motifs is 1. The van der Waals surface area contributed by atoms with E-state index in [4.69, 9.17) is 30.6 Å². The quantitative estimate of drug-likeness (QED) is 0.0506. The Kier molecular flexibility index (Phi) is 12.9. The van der Waals surface area contributed by atoms with Gasteiger partial charge in [-0.1, -0.05) is 65.8 Å². The fraction of sp³-hybridized carbons (Fsp3) is 0.410. The zero-order valence-electron chi connectivity index (χ0n) is 32.2. The number of amides is 3. The van der Waals surface area contributed by atoms with E-state index in [-0.39, 0.29) is 28.2 Å². The molecule has 14 nitrogen and oxygen atoms in total. The molecule has 17 heteroatoms. The molecule has 1 unspecified atom stereocenters. The number of carbonyl (C=O) groups excluding carboxylic acids is 5. The number of thiazole rings is 1. The summed E-state index contributed by atoms with van der Waals surface area (Å²) in [6.07, 6.45) is -1.54. The van der Waals surface area contributed by atoms with Gasteiger partial charge in [-0.3, -0.25) is 19.8 Å². The van der Waals surface area contributed by atoms with Gasteiger partial charge in [0.25, 0.3) is 11.8 Å². The normalized spacial score (nSPS) is 17.4. The van der Waals surface area contributed by atoms with Gasteiger partial charge in [0.1, 0.15) is 34.0 Å². The van der Waals surface area contributed by atoms with Crippen molar-refractivity contribution in [2.24, 2.45) is 5.16 Å². The Morgan fingerprint density at radius 2 is 1.52 bits per heavy atom. The number of ether oxygens (including phenoxy) is 3. The molecule has 2 atom stereocenters. The first-order valence-corrected chi connectivity index (χ1v) is 20.0. The van der Waals surface area contributed by atoms with Gasteiger partial charge in [0.05, 0.1) is 0 Å². The average molecular weight is 826 g/mol. The lowest BCUT2D eigenvalue weighted by atomic mass is 10.0. The minimum absolute atomic E-state index is 0.0183. The number of oxime groups is 1. The number of alkyl halides is 1. The molecule has 3 heterocycles. The van der Waals surface area contributed by atoms with Crippen LogP contribution in [0.1, 0.15) is 78.3 Å². The summed E-state index contributed by atoms with van der Waals surface area (Å²) in [5, 5.41) is 10.1. The van der Waals surface area contributed by atoms with Gasteiger partial charge in [0.15, 0.2) is 16.9 Å². The molecule has 298 valence electrons. The lowest BCUT2D eigenvalue weighted by Gasteiger charge is -2.49. The molecular weight excluding hydrogens is 782 g/mol. The average Bonchev–Trinajstić information content (AvgIpc) is 3.58. The molecule has 3 aromatic rings. The molecule has 2 aliphatic heterocycles. The van der Waals surface area contributed by atoms with E-state index in [1.54, 1.807) is 41.5 Å². The van der Waals surface area contributed by atoms with Gasteiger partial charge in [-0.05, 0) is 72.1 Å². The van der Waals surface area contributed by atoms with Crippen LogP contribution in [0.3, 0.4) is 0 Å². The first-order valence-electron chi connectivity index (χ1n) is 17.6. The number of thioether (sulfide) groups is 1. The van der Waals surface area contributed by atoms with Crippen molar-refractivity contribution in [3.63, 3.8) is 0 Å². The number of aromatic nitrogens is 1. The predicted molar refractivity (Wildman–Crippen MR) is 213 cm³/mol. The highest BCUT2D eigenvalue weighted by Gasteiger charge is 2.55. The summed E-state index contributed by atoms with van der Waals surface area (Å²) >= 11 is 8.61. The van der Waals surface area contributed by atoms with E-state index in [2.05, 4.69) is 20.8 Å². The molecule has 1 saturated heterocycles. The van der Waals surface area contributed by atoms with E-state index in [9.17, 15) is 24.0 Å². The number of esters is 2. The van der Waals surface area contributed by atoms with E-state index in [0.717, 1.165) is 22.5 Å². The molecule has 2 aromatic carbocycles. The van der Waals surface area contributed by atoms with Crippen LogP contribution in [-0.2, 0) is 38.2 Å². The van der Waals surface area contributed by atoms with Crippen molar-refractivity contribution in [2.45, 2.75) is 89.7 Å². The molecule has 5 rings (SSSR count). The SMILES string of the molecule is CC(C)(C)OC(=O)Nc1nc(/C(=N/OC(C)(C)C(=O)OC(C)(C)C)C(=O)N[C@@H]2C(=O)N3C(C(=O)OC(c4ccccc4)c4ccccc4)=C(CCl)CSC23)cs1. The summed E-state index contributed by atoms with van der Waals surface area (Å²) in [5.74, 6) is -2.68. The molecule has 3 amide bonds. The number of nitrogens with zero attached hydrogens (tertiary/aromatic N) is 3. The van der Waals surface area contributed by atoms with E-state index in [1.807, 2.05) is 60.7 Å². The number of nitrogens with one attached hydrogen (secondary N) is 2. The summed E-state index contributed by atoms with van der Waals surface area (Å²) in [7, 11) is 0. The molecular formula is C39H44ClN5O9S2. The third kappa shape index (κ3) is 10.3. The number of hydrogen-bond donors (Lipinski definition) is 2. The Labute approximate surface area is 338 Å². The van der Waals surface area contributed by atoms with Gasteiger partial charge in [0.2, 0.25) is 5.60 Å². The highest BCUT2D eigenvalue weighted by Crippen LogP contribution is 2.42. The number of hydrogen-bond acceptors (Lipinski definition) is 13. The molecule has 2 aliphatic rings. The second kappa shape index (κ2) is 17.1. The van der Waals surface area contributed by atoms with Crippen molar-refractivity contribution in [3.05, 3.63) is 94.1 Å². The van der Waals surface area contributed by atoms with Crippen molar-refractivity contribution in [2.75, 3.05) is 16.9 Å². The Balaban J connectivity index is 1.39.